The molecule has 1 atom stereocenters. The van der Waals surface area contributed by atoms with Gasteiger partial charge in [0.05, 0.1) is 6.04 Å². The Balaban J connectivity index is 1.56. The van der Waals surface area contributed by atoms with Crippen LogP contribution < -0.4 is 0 Å². The zero-order chi connectivity index (χ0) is 25.7. The molecule has 1 unspecified atom stereocenters. The van der Waals surface area contributed by atoms with E-state index in [1.165, 1.54) is 22.6 Å². The third-order valence-corrected chi connectivity index (χ3v) is 7.69. The van der Waals surface area contributed by atoms with Crippen LogP contribution >= 0.6 is 11.3 Å². The highest BCUT2D eigenvalue weighted by Crippen LogP contribution is 2.38. The summed E-state index contributed by atoms with van der Waals surface area (Å²) in [6.07, 6.45) is 4.04. The lowest BCUT2D eigenvalue weighted by Crippen LogP contribution is -2.47. The van der Waals surface area contributed by atoms with Crippen molar-refractivity contribution in [2.24, 2.45) is 5.92 Å². The van der Waals surface area contributed by atoms with Crippen molar-refractivity contribution in [1.29, 1.82) is 0 Å². The molecule has 0 bridgehead atoms. The largest absolute Gasteiger partial charge is 0.330 e. The number of halogens is 1. The van der Waals surface area contributed by atoms with Crippen molar-refractivity contribution >= 4 is 23.2 Å². The van der Waals surface area contributed by atoms with Crippen molar-refractivity contribution in [2.75, 3.05) is 19.6 Å². The molecule has 0 spiro atoms. The lowest BCUT2D eigenvalue weighted by atomic mass is 9.93. The van der Waals surface area contributed by atoms with Crippen LogP contribution in [0.25, 0.3) is 0 Å². The Morgan fingerprint density at radius 3 is 2.47 bits per heavy atom. The van der Waals surface area contributed by atoms with E-state index in [0.29, 0.717) is 18.7 Å². The molecule has 2 heterocycles. The number of benzene rings is 2. The number of carbonyl (C=O) groups excluding carboxylic acids is 2. The first-order chi connectivity index (χ1) is 17.4. The molecule has 4 rings (SSSR count). The third kappa shape index (κ3) is 6.04. The van der Waals surface area contributed by atoms with Gasteiger partial charge in [-0.25, -0.2) is 4.39 Å². The van der Waals surface area contributed by atoms with Crippen molar-refractivity contribution in [3.63, 3.8) is 0 Å². The van der Waals surface area contributed by atoms with Crippen molar-refractivity contribution in [1.82, 2.24) is 9.80 Å². The van der Waals surface area contributed by atoms with Crippen LogP contribution in [0.1, 0.15) is 71.6 Å². The molecule has 0 radical (unpaired) electrons. The summed E-state index contributed by atoms with van der Waals surface area (Å²) in [6, 6.07) is 16.0. The number of aryl methyl sites for hydroxylation is 1. The molecule has 36 heavy (non-hydrogen) atoms. The van der Waals surface area contributed by atoms with Crippen molar-refractivity contribution < 1.29 is 14.0 Å². The van der Waals surface area contributed by atoms with Crippen molar-refractivity contribution in [3.8, 4) is 0 Å². The molecule has 1 aliphatic rings. The summed E-state index contributed by atoms with van der Waals surface area (Å²) in [5.74, 6) is -0.281. The second kappa shape index (κ2) is 11.8. The Morgan fingerprint density at radius 1 is 1.08 bits per heavy atom. The van der Waals surface area contributed by atoms with Gasteiger partial charge < -0.3 is 9.80 Å². The van der Waals surface area contributed by atoms with Gasteiger partial charge in [0.2, 0.25) is 5.91 Å². The lowest BCUT2D eigenvalue weighted by molar-refractivity contribution is -0.134. The number of nitrogens with zero attached hydrogens (tertiary/aromatic N) is 2. The van der Waals surface area contributed by atoms with E-state index in [0.717, 1.165) is 36.8 Å². The van der Waals surface area contributed by atoms with Gasteiger partial charge in [-0.05, 0) is 77.6 Å². The molecule has 0 N–H and O–H groups in total. The van der Waals surface area contributed by atoms with Crippen LogP contribution in [0, 0.1) is 11.7 Å². The fourth-order valence-electron chi connectivity index (χ4n) is 4.88. The molecule has 1 aliphatic heterocycles. The fraction of sp³-hybridized carbons (Fsp3) is 0.400. The zero-order valence-corrected chi connectivity index (χ0v) is 22.2. The van der Waals surface area contributed by atoms with Crippen LogP contribution in [0.15, 0.2) is 60.0 Å². The van der Waals surface area contributed by atoms with E-state index in [1.54, 1.807) is 28.4 Å². The topological polar surface area (TPSA) is 40.6 Å². The number of fused-ring (bicyclic) bond motifs is 1. The normalized spacial score (nSPS) is 15.1. The highest BCUT2D eigenvalue weighted by Gasteiger charge is 2.34. The molecule has 190 valence electrons. The summed E-state index contributed by atoms with van der Waals surface area (Å²) in [6.45, 7) is 7.37. The van der Waals surface area contributed by atoms with Crippen LogP contribution in [-0.2, 0) is 17.6 Å². The van der Waals surface area contributed by atoms with E-state index < -0.39 is 0 Å². The van der Waals surface area contributed by atoms with E-state index in [9.17, 15) is 14.0 Å². The minimum Gasteiger partial charge on any atom is -0.330 e. The molecule has 6 heteroatoms. The quantitative estimate of drug-likeness (QED) is 0.332. The van der Waals surface area contributed by atoms with Gasteiger partial charge >= 0.3 is 0 Å². The second-order valence-corrected chi connectivity index (χ2v) is 11.0. The Kier molecular flexibility index (Phi) is 8.57. The third-order valence-electron chi connectivity index (χ3n) is 6.69. The summed E-state index contributed by atoms with van der Waals surface area (Å²) in [5, 5.41) is 2.05. The molecule has 3 aromatic rings. The average Bonchev–Trinajstić information content (AvgIpc) is 3.35. The standard InChI is InChI=1S/C30H35FN2O2S/c1-4-5-6-22-7-9-24(10-8-22)30(35)32(19-21(2)3)20-28(34)33-17-15-27-26(16-18-36-27)29(33)23-11-13-25(31)14-12-23/h7-14,16,18,21,29H,4-6,15,17,19-20H2,1-3H3. The first-order valence-corrected chi connectivity index (χ1v) is 13.7. The highest BCUT2D eigenvalue weighted by molar-refractivity contribution is 7.10. The summed E-state index contributed by atoms with van der Waals surface area (Å²) < 4.78 is 13.7. The van der Waals surface area contributed by atoms with Gasteiger partial charge in [0.1, 0.15) is 12.4 Å². The number of thiophene rings is 1. The van der Waals surface area contributed by atoms with Crippen LogP contribution in [0.4, 0.5) is 4.39 Å². The van der Waals surface area contributed by atoms with Crippen LogP contribution in [0.3, 0.4) is 0 Å². The van der Waals surface area contributed by atoms with Crippen molar-refractivity contribution in [3.05, 3.63) is 92.9 Å². The summed E-state index contributed by atoms with van der Waals surface area (Å²) in [5.41, 5.74) is 3.81. The number of rotatable bonds is 9. The van der Waals surface area contributed by atoms with Crippen molar-refractivity contribution in [2.45, 2.75) is 52.5 Å². The highest BCUT2D eigenvalue weighted by atomic mass is 32.1. The van der Waals surface area contributed by atoms with Gasteiger partial charge in [-0.15, -0.1) is 11.3 Å². The van der Waals surface area contributed by atoms with Gasteiger partial charge in [-0.3, -0.25) is 9.59 Å². The number of amides is 2. The van der Waals surface area contributed by atoms with E-state index in [-0.39, 0.29) is 36.1 Å². The SMILES string of the molecule is CCCCc1ccc(C(=O)N(CC(=O)N2CCc3sccc3C2c2ccc(F)cc2)CC(C)C)cc1. The Labute approximate surface area is 217 Å². The summed E-state index contributed by atoms with van der Waals surface area (Å²) in [7, 11) is 0. The molecular weight excluding hydrogens is 471 g/mol. The average molecular weight is 507 g/mol. The molecule has 4 nitrogen and oxygen atoms in total. The van der Waals surface area contributed by atoms with E-state index >= 15 is 0 Å². The van der Waals surface area contributed by atoms with Crippen LogP contribution in [0.2, 0.25) is 0 Å². The Hall–Kier alpha value is -2.99. The van der Waals surface area contributed by atoms with Gasteiger partial charge in [0.25, 0.3) is 5.91 Å². The first-order valence-electron chi connectivity index (χ1n) is 12.9. The number of hydrogen-bond acceptors (Lipinski definition) is 3. The van der Waals surface area contributed by atoms with Crippen LogP contribution in [0.5, 0.6) is 0 Å². The first kappa shape index (κ1) is 26.1. The molecule has 2 aromatic carbocycles. The second-order valence-electron chi connectivity index (χ2n) is 9.97. The summed E-state index contributed by atoms with van der Waals surface area (Å²) in [4.78, 5) is 32.0. The monoisotopic (exact) mass is 506 g/mol. The lowest BCUT2D eigenvalue weighted by Gasteiger charge is -2.38. The molecule has 0 aliphatic carbocycles. The van der Waals surface area contributed by atoms with E-state index in [1.807, 2.05) is 34.5 Å². The van der Waals surface area contributed by atoms with Gasteiger partial charge in [0, 0.05) is 23.5 Å². The van der Waals surface area contributed by atoms with Gasteiger partial charge in [-0.2, -0.15) is 0 Å². The summed E-state index contributed by atoms with van der Waals surface area (Å²) >= 11 is 1.69. The smallest absolute Gasteiger partial charge is 0.254 e. The zero-order valence-electron chi connectivity index (χ0n) is 21.4. The maximum absolute atomic E-state index is 13.7. The predicted molar refractivity (Wildman–Crippen MR) is 144 cm³/mol. The molecule has 1 aromatic heterocycles. The fourth-order valence-corrected chi connectivity index (χ4v) is 5.79. The number of carbonyl (C=O) groups is 2. The number of hydrogen-bond donors (Lipinski definition) is 0. The maximum Gasteiger partial charge on any atom is 0.254 e. The minimum atomic E-state index is -0.299. The minimum absolute atomic E-state index is 0.0196. The Bertz CT molecular complexity index is 1170. The predicted octanol–water partition coefficient (Wildman–Crippen LogP) is 6.50. The number of unbranched alkanes of at least 4 members (excludes halogenated alkanes) is 1. The molecule has 0 saturated carbocycles. The van der Waals surface area contributed by atoms with E-state index in [4.69, 9.17) is 0 Å². The maximum atomic E-state index is 13.7. The van der Waals surface area contributed by atoms with Crippen LogP contribution in [-0.4, -0.2) is 41.2 Å². The molecule has 0 fully saturated rings. The Morgan fingerprint density at radius 2 is 1.81 bits per heavy atom. The molecule has 2 amide bonds. The molecular formula is C30H35FN2O2S. The van der Waals surface area contributed by atoms with E-state index in [2.05, 4.69) is 26.8 Å². The van der Waals surface area contributed by atoms with Gasteiger partial charge in [-0.1, -0.05) is 51.5 Å². The van der Waals surface area contributed by atoms with Gasteiger partial charge in [0.15, 0.2) is 0 Å². The molecule has 0 saturated heterocycles.